The molecule has 232 valence electrons. The third-order valence-electron chi connectivity index (χ3n) is 7.80. The van der Waals surface area contributed by atoms with Gasteiger partial charge in [-0.25, -0.2) is 9.59 Å². The number of hydrogen-bond acceptors (Lipinski definition) is 8. The van der Waals surface area contributed by atoms with Gasteiger partial charge in [-0.3, -0.25) is 4.98 Å². The molecule has 0 aliphatic carbocycles. The summed E-state index contributed by atoms with van der Waals surface area (Å²) < 4.78 is 40.3. The number of carboxylic acid groups (broad SMARTS) is 1. The van der Waals surface area contributed by atoms with Gasteiger partial charge in [0, 0.05) is 33.2 Å². The zero-order valence-electron chi connectivity index (χ0n) is 25.0. The molecular weight excluding hydrogens is 690 g/mol. The summed E-state index contributed by atoms with van der Waals surface area (Å²) in [7, 11) is -4.48. The highest BCUT2D eigenvalue weighted by atomic mass is 79.9. The van der Waals surface area contributed by atoms with Crippen LogP contribution in [0.2, 0.25) is 0 Å². The SMILES string of the molecule is Cc1cc(-c2c3ccccc3c(Br)c3sc(C)c(C)c23)cc(C)c1OS(=O)(=O)c1ccc(C(=O)O)c(OC(=O)c2ccncc2)c1. The molecule has 46 heavy (non-hydrogen) atoms. The summed E-state index contributed by atoms with van der Waals surface area (Å²) in [6.07, 6.45) is 2.76. The Hall–Kier alpha value is -4.58. The first-order valence-corrected chi connectivity index (χ1v) is 17.0. The lowest BCUT2D eigenvalue weighted by atomic mass is 9.91. The van der Waals surface area contributed by atoms with E-state index in [4.69, 9.17) is 8.92 Å². The maximum atomic E-state index is 13.6. The van der Waals surface area contributed by atoms with E-state index in [0.29, 0.717) is 11.1 Å². The van der Waals surface area contributed by atoms with E-state index in [9.17, 15) is 23.1 Å². The van der Waals surface area contributed by atoms with Gasteiger partial charge >= 0.3 is 22.1 Å². The van der Waals surface area contributed by atoms with Gasteiger partial charge in [0.05, 0.1) is 10.3 Å². The fourth-order valence-corrected chi connectivity index (χ4v) is 8.45. The normalized spacial score (nSPS) is 11.6. The van der Waals surface area contributed by atoms with Crippen molar-refractivity contribution in [2.45, 2.75) is 32.6 Å². The summed E-state index contributed by atoms with van der Waals surface area (Å²) in [5.74, 6) is -2.55. The first kappa shape index (κ1) is 31.4. The summed E-state index contributed by atoms with van der Waals surface area (Å²) in [4.78, 5) is 29.2. The van der Waals surface area contributed by atoms with Crippen molar-refractivity contribution >= 4 is 70.2 Å². The number of aromatic nitrogens is 1. The van der Waals surface area contributed by atoms with Gasteiger partial charge in [0.2, 0.25) is 0 Å². The van der Waals surface area contributed by atoms with Crippen molar-refractivity contribution in [3.8, 4) is 22.6 Å². The summed E-state index contributed by atoms with van der Waals surface area (Å²) in [6.45, 7) is 7.77. The van der Waals surface area contributed by atoms with Crippen molar-refractivity contribution in [1.29, 1.82) is 0 Å². The second-order valence-electron chi connectivity index (χ2n) is 10.8. The highest BCUT2D eigenvalue weighted by molar-refractivity contribution is 9.11. The van der Waals surface area contributed by atoms with Crippen LogP contribution in [0.15, 0.2) is 88.5 Å². The molecule has 0 bridgehead atoms. The van der Waals surface area contributed by atoms with Gasteiger partial charge in [0.25, 0.3) is 0 Å². The zero-order chi connectivity index (χ0) is 32.9. The fourth-order valence-electron chi connectivity index (χ4n) is 5.48. The number of esters is 1. The average molecular weight is 717 g/mol. The fraction of sp³-hybridized carbons (Fsp3) is 0.114. The Morgan fingerprint density at radius 2 is 1.54 bits per heavy atom. The number of ether oxygens (including phenoxy) is 1. The summed E-state index contributed by atoms with van der Waals surface area (Å²) in [5, 5.41) is 12.9. The van der Waals surface area contributed by atoms with Crippen LogP contribution in [-0.4, -0.2) is 30.4 Å². The van der Waals surface area contributed by atoms with Gasteiger partial charge in [-0.15, -0.1) is 11.3 Å². The highest BCUT2D eigenvalue weighted by Crippen LogP contribution is 2.48. The number of halogens is 1. The Kier molecular flexibility index (Phi) is 8.18. The number of fused-ring (bicyclic) bond motifs is 2. The van der Waals surface area contributed by atoms with E-state index < -0.39 is 27.8 Å². The van der Waals surface area contributed by atoms with Gasteiger partial charge in [-0.05, 0) is 119 Å². The van der Waals surface area contributed by atoms with Gasteiger partial charge < -0.3 is 14.0 Å². The van der Waals surface area contributed by atoms with Crippen molar-refractivity contribution in [3.05, 3.63) is 116 Å². The van der Waals surface area contributed by atoms with E-state index >= 15 is 0 Å². The number of aryl methyl sites for hydroxylation is 4. The molecule has 6 aromatic rings. The highest BCUT2D eigenvalue weighted by Gasteiger charge is 2.26. The lowest BCUT2D eigenvalue weighted by molar-refractivity contribution is 0.0681. The number of carboxylic acids is 1. The van der Waals surface area contributed by atoms with Crippen LogP contribution < -0.4 is 8.92 Å². The number of hydrogen-bond donors (Lipinski definition) is 1. The Balaban J connectivity index is 1.41. The molecule has 0 unspecified atom stereocenters. The molecule has 0 amide bonds. The first-order valence-electron chi connectivity index (χ1n) is 14.0. The lowest BCUT2D eigenvalue weighted by Crippen LogP contribution is -2.15. The van der Waals surface area contributed by atoms with Crippen LogP contribution in [-0.2, 0) is 10.1 Å². The van der Waals surface area contributed by atoms with Crippen LogP contribution in [0, 0.1) is 27.7 Å². The van der Waals surface area contributed by atoms with Crippen LogP contribution in [0.5, 0.6) is 11.5 Å². The molecule has 0 aliphatic rings. The number of rotatable bonds is 7. The molecule has 8 nitrogen and oxygen atoms in total. The molecule has 0 saturated carbocycles. The maximum Gasteiger partial charge on any atom is 0.343 e. The van der Waals surface area contributed by atoms with Gasteiger partial charge in [-0.2, -0.15) is 8.42 Å². The average Bonchev–Trinajstić information content (AvgIpc) is 3.33. The van der Waals surface area contributed by atoms with Crippen LogP contribution in [0.4, 0.5) is 0 Å². The van der Waals surface area contributed by atoms with E-state index in [2.05, 4.69) is 46.9 Å². The second-order valence-corrected chi connectivity index (χ2v) is 14.4. The van der Waals surface area contributed by atoms with Gasteiger partial charge in [-0.1, -0.05) is 24.3 Å². The smallest absolute Gasteiger partial charge is 0.343 e. The Morgan fingerprint density at radius 3 is 2.20 bits per heavy atom. The molecule has 6 rings (SSSR count). The number of nitrogens with zero attached hydrogens (tertiary/aromatic N) is 1. The van der Waals surface area contributed by atoms with Gasteiger partial charge in [0.1, 0.15) is 22.0 Å². The molecule has 11 heteroatoms. The molecule has 0 saturated heterocycles. The third-order valence-corrected chi connectivity index (χ3v) is 11.3. The molecule has 0 aliphatic heterocycles. The van der Waals surface area contributed by atoms with E-state index in [0.717, 1.165) is 54.7 Å². The standard InChI is InChI=1S/C35H26BrNO7S2/c1-18-15-23(30-25-7-5-6-8-26(25)31(36)33-29(30)20(3)21(4)45-33)16-19(2)32(18)44-46(41,42)24-9-10-27(34(38)39)28(17-24)43-35(40)22-11-13-37-14-12-22/h5-17H,1-4H3,(H,38,39). The summed E-state index contributed by atoms with van der Waals surface area (Å²) in [5.41, 5.74) is 4.08. The second kappa shape index (κ2) is 12.0. The number of carbonyl (C=O) groups is 2. The number of thiophene rings is 1. The van der Waals surface area contributed by atoms with E-state index in [1.807, 2.05) is 24.3 Å². The molecule has 0 fully saturated rings. The maximum absolute atomic E-state index is 13.6. The molecule has 0 radical (unpaired) electrons. The van der Waals surface area contributed by atoms with Crippen LogP contribution in [0.3, 0.4) is 0 Å². The Labute approximate surface area is 277 Å². The largest absolute Gasteiger partial charge is 0.478 e. The number of benzene rings is 4. The quantitative estimate of drug-likeness (QED) is 0.0989. The monoisotopic (exact) mass is 715 g/mol. The minimum absolute atomic E-state index is 0.117. The molecule has 2 heterocycles. The predicted octanol–water partition coefficient (Wildman–Crippen LogP) is 8.80. The minimum Gasteiger partial charge on any atom is -0.478 e. The van der Waals surface area contributed by atoms with Crippen LogP contribution in [0.1, 0.15) is 42.3 Å². The number of carbonyl (C=O) groups excluding carboxylic acids is 1. The Bertz CT molecular complexity index is 2310. The van der Waals surface area contributed by atoms with Gasteiger partial charge in [0.15, 0.2) is 0 Å². The molecule has 0 atom stereocenters. The van der Waals surface area contributed by atoms with E-state index in [1.54, 1.807) is 25.2 Å². The third kappa shape index (κ3) is 5.55. The van der Waals surface area contributed by atoms with Crippen molar-refractivity contribution in [1.82, 2.24) is 4.98 Å². The Morgan fingerprint density at radius 1 is 0.891 bits per heavy atom. The van der Waals surface area contributed by atoms with Crippen molar-refractivity contribution in [3.63, 3.8) is 0 Å². The topological polar surface area (TPSA) is 120 Å². The molecule has 0 spiro atoms. The molecule has 2 aromatic heterocycles. The predicted molar refractivity (Wildman–Crippen MR) is 182 cm³/mol. The van der Waals surface area contributed by atoms with E-state index in [1.165, 1.54) is 35.0 Å². The lowest BCUT2D eigenvalue weighted by Gasteiger charge is -2.17. The van der Waals surface area contributed by atoms with Crippen LogP contribution >= 0.6 is 27.3 Å². The van der Waals surface area contributed by atoms with Crippen molar-refractivity contribution < 1.29 is 32.0 Å². The summed E-state index contributed by atoms with van der Waals surface area (Å²) in [6, 6.07) is 17.9. The molecule has 1 N–H and O–H groups in total. The zero-order valence-corrected chi connectivity index (χ0v) is 28.3. The molecule has 4 aromatic carbocycles. The first-order chi connectivity index (χ1) is 21.9. The number of pyridine rings is 1. The van der Waals surface area contributed by atoms with E-state index in [-0.39, 0.29) is 21.8 Å². The minimum atomic E-state index is -4.48. The molecular formula is C35H26BrNO7S2. The van der Waals surface area contributed by atoms with Crippen molar-refractivity contribution in [2.24, 2.45) is 0 Å². The van der Waals surface area contributed by atoms with Crippen molar-refractivity contribution in [2.75, 3.05) is 0 Å². The van der Waals surface area contributed by atoms with Crippen LogP contribution in [0.25, 0.3) is 32.0 Å². The number of aromatic carboxylic acids is 1. The summed E-state index contributed by atoms with van der Waals surface area (Å²) >= 11 is 5.57.